The molecule has 15 nitrogen and oxygen atoms in total. The number of hydrogen-bond acceptors (Lipinski definition) is 13. The summed E-state index contributed by atoms with van der Waals surface area (Å²) in [5, 5.41) is 25.5. The molecule has 0 aliphatic rings. The van der Waals surface area contributed by atoms with Gasteiger partial charge in [-0.2, -0.15) is 8.42 Å². The molecule has 0 N–H and O–H groups in total. The number of hydrogen-bond donors (Lipinski definition) is 0. The minimum absolute atomic E-state index is 0. The number of aryl methyl sites for hydroxylation is 3. The topological polar surface area (TPSA) is 183 Å². The molecule has 3 aromatic heterocycles. The first-order chi connectivity index (χ1) is 15.8. The molecule has 3 aromatic rings. The van der Waals surface area contributed by atoms with Crippen LogP contribution in [0.25, 0.3) is 0 Å². The highest BCUT2D eigenvalue weighted by Gasteiger charge is 2.12. The molecule has 0 aliphatic heterocycles. The Bertz CT molecular complexity index is 1070. The fourth-order valence-electron chi connectivity index (χ4n) is 1.27. The highest BCUT2D eigenvalue weighted by atomic mass is 32.2. The van der Waals surface area contributed by atoms with Crippen molar-refractivity contribution in [1.29, 1.82) is 0 Å². The molecule has 0 aromatic carbocycles. The van der Waals surface area contributed by atoms with Gasteiger partial charge in [0.1, 0.15) is 19.0 Å². The zero-order chi connectivity index (χ0) is 27.4. The van der Waals surface area contributed by atoms with Crippen LogP contribution in [-0.2, 0) is 45.3 Å². The van der Waals surface area contributed by atoms with Crippen LogP contribution >= 0.6 is 11.8 Å². The molecular weight excluding hydrogens is 544 g/mol. The van der Waals surface area contributed by atoms with Crippen molar-refractivity contribution < 1.29 is 21.0 Å². The molecule has 0 spiro atoms. The Labute approximate surface area is 228 Å². The fourth-order valence-corrected chi connectivity index (χ4v) is 2.50. The summed E-state index contributed by atoms with van der Waals surface area (Å²) in [6.45, 7) is 8.00. The Balaban J connectivity index is -0.0000000820. The SMILES string of the molecule is C.C.C.CC.CC.COS(C)(=O)=O.CSc1nncn1C.Cn1cnnc1S(C)(=O)=O.Cn1cnnn1. The summed E-state index contributed by atoms with van der Waals surface area (Å²) < 4.78 is 49.8. The molecule has 0 fully saturated rings. The molecule has 0 bridgehead atoms. The predicted octanol–water partition coefficient (Wildman–Crippen LogP) is 2.52. The zero-order valence-corrected chi connectivity index (χ0v) is 23.9. The van der Waals surface area contributed by atoms with E-state index in [0.29, 0.717) is 0 Å². The Morgan fingerprint density at radius 3 is 1.35 bits per heavy atom. The van der Waals surface area contributed by atoms with E-state index in [1.165, 1.54) is 21.9 Å². The molecule has 3 rings (SSSR count). The first kappa shape index (κ1) is 47.7. The van der Waals surface area contributed by atoms with Crippen LogP contribution in [0.5, 0.6) is 0 Å². The second-order valence-corrected chi connectivity index (χ2v) is 9.70. The van der Waals surface area contributed by atoms with Gasteiger partial charge in [-0.3, -0.25) is 4.18 Å². The standard InChI is InChI=1S/C4H7N3O2S.C4H7N3S.C2H4N4.C2H6O3S.2C2H6.3CH4/c1-7-3-5-6-4(7)10(2,8)9;1-7-3-5-6-4(7)8-2;1-6-2-3-4-5-6;1-5-6(2,3)4;2*1-2;;;/h3H,1-2H3;3H,1-2H3;2H,1H3;1-2H3;2*1-2H3;3*1H4. The highest BCUT2D eigenvalue weighted by molar-refractivity contribution is 7.98. The molecule has 37 heavy (non-hydrogen) atoms. The van der Waals surface area contributed by atoms with E-state index in [1.54, 1.807) is 32.2 Å². The van der Waals surface area contributed by atoms with E-state index >= 15 is 0 Å². The van der Waals surface area contributed by atoms with E-state index in [9.17, 15) is 16.8 Å². The minimum Gasteiger partial charge on any atom is -0.312 e. The average molecular weight is 593 g/mol. The molecule has 0 atom stereocenters. The van der Waals surface area contributed by atoms with E-state index in [4.69, 9.17) is 0 Å². The third-order valence-corrected chi connectivity index (χ3v) is 4.98. The third-order valence-electron chi connectivity index (χ3n) is 2.61. The van der Waals surface area contributed by atoms with Gasteiger partial charge in [0, 0.05) is 27.4 Å². The summed E-state index contributed by atoms with van der Waals surface area (Å²) >= 11 is 1.59. The van der Waals surface area contributed by atoms with Crippen LogP contribution < -0.4 is 0 Å². The average Bonchev–Trinajstić information content (AvgIpc) is 3.54. The van der Waals surface area contributed by atoms with Gasteiger partial charge in [-0.15, -0.1) is 25.5 Å². The van der Waals surface area contributed by atoms with Crippen LogP contribution in [-0.4, -0.2) is 92.4 Å². The van der Waals surface area contributed by atoms with Crippen molar-refractivity contribution in [3.05, 3.63) is 19.0 Å². The van der Waals surface area contributed by atoms with Gasteiger partial charge in [0.25, 0.3) is 10.1 Å². The number of sulfone groups is 1. The Morgan fingerprint density at radius 2 is 1.22 bits per heavy atom. The fraction of sp³-hybridized carbons (Fsp3) is 0.737. The summed E-state index contributed by atoms with van der Waals surface area (Å²) in [6, 6.07) is 0. The van der Waals surface area contributed by atoms with Crippen LogP contribution in [0.15, 0.2) is 29.3 Å². The first-order valence-electron chi connectivity index (χ1n) is 9.66. The number of thioether (sulfide) groups is 1. The van der Waals surface area contributed by atoms with E-state index in [0.717, 1.165) is 24.8 Å². The Morgan fingerprint density at radius 1 is 0.784 bits per heavy atom. The van der Waals surface area contributed by atoms with Gasteiger partial charge in [0.2, 0.25) is 15.0 Å². The summed E-state index contributed by atoms with van der Waals surface area (Å²) in [5.74, 6) is 0. The second kappa shape index (κ2) is 26.6. The number of nitrogens with zero attached hydrogens (tertiary/aromatic N) is 10. The van der Waals surface area contributed by atoms with Crippen LogP contribution in [0, 0.1) is 0 Å². The summed E-state index contributed by atoms with van der Waals surface area (Å²) in [4.78, 5) is 0. The molecule has 18 heteroatoms. The van der Waals surface area contributed by atoms with Gasteiger partial charge in [-0.1, -0.05) is 61.7 Å². The van der Waals surface area contributed by atoms with Crippen molar-refractivity contribution >= 4 is 31.7 Å². The van der Waals surface area contributed by atoms with Crippen LogP contribution in [0.2, 0.25) is 0 Å². The van der Waals surface area contributed by atoms with E-state index in [2.05, 4.69) is 40.1 Å². The monoisotopic (exact) mass is 592 g/mol. The molecule has 0 saturated carbocycles. The van der Waals surface area contributed by atoms with E-state index in [-0.39, 0.29) is 27.4 Å². The Hall–Kier alpha value is -2.44. The summed E-state index contributed by atoms with van der Waals surface area (Å²) in [5.41, 5.74) is 0. The summed E-state index contributed by atoms with van der Waals surface area (Å²) in [7, 11) is 0.0236. The Kier molecular flexibility index (Phi) is 34.3. The maximum Gasteiger partial charge on any atom is 0.264 e. The smallest absolute Gasteiger partial charge is 0.264 e. The lowest BCUT2D eigenvalue weighted by Crippen LogP contribution is -2.04. The zero-order valence-electron chi connectivity index (χ0n) is 21.5. The van der Waals surface area contributed by atoms with Crippen LogP contribution in [0.3, 0.4) is 0 Å². The lowest BCUT2D eigenvalue weighted by atomic mass is 11.0. The van der Waals surface area contributed by atoms with Crippen molar-refractivity contribution in [2.75, 3.05) is 25.9 Å². The molecule has 0 amide bonds. The van der Waals surface area contributed by atoms with Crippen molar-refractivity contribution in [2.24, 2.45) is 21.1 Å². The lowest BCUT2D eigenvalue weighted by Gasteiger charge is -1.93. The normalized spacial score (nSPS) is 8.95. The number of aromatic nitrogens is 10. The molecular formula is C19H48N10O5S3. The molecule has 0 unspecified atom stereocenters. The quantitative estimate of drug-likeness (QED) is 0.320. The van der Waals surface area contributed by atoms with Gasteiger partial charge in [-0.05, 0) is 16.7 Å². The largest absolute Gasteiger partial charge is 0.312 e. The van der Waals surface area contributed by atoms with E-state index < -0.39 is 20.0 Å². The highest BCUT2D eigenvalue weighted by Crippen LogP contribution is 2.06. The molecule has 222 valence electrons. The maximum absolute atomic E-state index is 10.8. The molecule has 0 saturated heterocycles. The predicted molar refractivity (Wildman–Crippen MR) is 150 cm³/mol. The van der Waals surface area contributed by atoms with Crippen LogP contribution in [0.1, 0.15) is 50.0 Å². The van der Waals surface area contributed by atoms with Gasteiger partial charge in [0.05, 0.1) is 13.4 Å². The van der Waals surface area contributed by atoms with Gasteiger partial charge < -0.3 is 9.13 Å². The second-order valence-electron chi connectivity index (χ2n) is 5.28. The van der Waals surface area contributed by atoms with Crippen molar-refractivity contribution in [2.45, 2.75) is 60.3 Å². The third kappa shape index (κ3) is 26.4. The summed E-state index contributed by atoms with van der Waals surface area (Å²) in [6.07, 6.45) is 8.62. The van der Waals surface area contributed by atoms with Crippen molar-refractivity contribution in [3.63, 3.8) is 0 Å². The molecule has 0 aliphatic carbocycles. The molecule has 3 heterocycles. The van der Waals surface area contributed by atoms with Crippen molar-refractivity contribution in [3.8, 4) is 0 Å². The minimum atomic E-state index is -3.20. The van der Waals surface area contributed by atoms with Crippen molar-refractivity contribution in [1.82, 2.24) is 49.7 Å². The van der Waals surface area contributed by atoms with Gasteiger partial charge in [-0.25, -0.2) is 13.1 Å². The van der Waals surface area contributed by atoms with Gasteiger partial charge >= 0.3 is 0 Å². The number of tetrazole rings is 1. The van der Waals surface area contributed by atoms with Crippen LogP contribution in [0.4, 0.5) is 0 Å². The van der Waals surface area contributed by atoms with E-state index in [1.807, 2.05) is 45.6 Å². The van der Waals surface area contributed by atoms with Gasteiger partial charge in [0.15, 0.2) is 5.16 Å². The maximum atomic E-state index is 10.8. The number of rotatable bonds is 3. The first-order valence-corrected chi connectivity index (χ1v) is 14.6. The molecule has 0 radical (unpaired) electrons. The lowest BCUT2D eigenvalue weighted by molar-refractivity contribution is 0.403.